The van der Waals surface area contributed by atoms with Crippen LogP contribution >= 0.6 is 0 Å². The van der Waals surface area contributed by atoms with Gasteiger partial charge in [0.05, 0.1) is 13.2 Å². The van der Waals surface area contributed by atoms with Crippen LogP contribution in [-0.2, 0) is 4.74 Å². The van der Waals surface area contributed by atoms with Crippen molar-refractivity contribution >= 4 is 0 Å². The maximum atomic E-state index is 6.11. The SMILES string of the molecule is Cc1cccc(C)c1C(CN)N1CCOCC1(C)C. The first-order chi connectivity index (χ1) is 8.97. The van der Waals surface area contributed by atoms with Gasteiger partial charge in [0.25, 0.3) is 0 Å². The topological polar surface area (TPSA) is 38.5 Å². The van der Waals surface area contributed by atoms with Gasteiger partial charge in [-0.1, -0.05) is 18.2 Å². The summed E-state index contributed by atoms with van der Waals surface area (Å²) in [6.45, 7) is 12.0. The highest BCUT2D eigenvalue weighted by Gasteiger charge is 2.36. The van der Waals surface area contributed by atoms with Gasteiger partial charge in [0.2, 0.25) is 0 Å². The fourth-order valence-electron chi connectivity index (χ4n) is 3.20. The van der Waals surface area contributed by atoms with Gasteiger partial charge in [-0.3, -0.25) is 4.90 Å². The molecular weight excluding hydrogens is 236 g/mol. The fraction of sp³-hybridized carbons (Fsp3) is 0.625. The van der Waals surface area contributed by atoms with E-state index < -0.39 is 0 Å². The number of rotatable bonds is 3. The predicted molar refractivity (Wildman–Crippen MR) is 79.3 cm³/mol. The van der Waals surface area contributed by atoms with E-state index in [1.54, 1.807) is 0 Å². The van der Waals surface area contributed by atoms with Gasteiger partial charge >= 0.3 is 0 Å². The number of morpholine rings is 1. The van der Waals surface area contributed by atoms with E-state index >= 15 is 0 Å². The summed E-state index contributed by atoms with van der Waals surface area (Å²) in [6.07, 6.45) is 0. The molecule has 1 heterocycles. The molecule has 1 atom stereocenters. The minimum atomic E-state index is 0.0387. The number of nitrogens with zero attached hydrogens (tertiary/aromatic N) is 1. The zero-order chi connectivity index (χ0) is 14.0. The third kappa shape index (κ3) is 2.83. The molecule has 0 aliphatic carbocycles. The van der Waals surface area contributed by atoms with Gasteiger partial charge in [-0.15, -0.1) is 0 Å². The highest BCUT2D eigenvalue weighted by Crippen LogP contribution is 2.33. The van der Waals surface area contributed by atoms with Crippen LogP contribution in [0.4, 0.5) is 0 Å². The highest BCUT2D eigenvalue weighted by molar-refractivity contribution is 5.36. The minimum absolute atomic E-state index is 0.0387. The quantitative estimate of drug-likeness (QED) is 0.909. The molecule has 1 saturated heterocycles. The average molecular weight is 262 g/mol. The van der Waals surface area contributed by atoms with Crippen LogP contribution in [0.5, 0.6) is 0 Å². The lowest BCUT2D eigenvalue weighted by Crippen LogP contribution is -2.55. The van der Waals surface area contributed by atoms with Crippen molar-refractivity contribution in [3.63, 3.8) is 0 Å². The summed E-state index contributed by atoms with van der Waals surface area (Å²) in [4.78, 5) is 2.51. The molecule has 2 N–H and O–H groups in total. The number of nitrogens with two attached hydrogens (primary N) is 1. The molecule has 19 heavy (non-hydrogen) atoms. The molecule has 1 aliphatic rings. The molecule has 0 aromatic heterocycles. The largest absolute Gasteiger partial charge is 0.378 e. The van der Waals surface area contributed by atoms with Crippen molar-refractivity contribution in [2.75, 3.05) is 26.3 Å². The van der Waals surface area contributed by atoms with Crippen molar-refractivity contribution in [1.29, 1.82) is 0 Å². The second-order valence-electron chi connectivity index (χ2n) is 6.12. The first kappa shape index (κ1) is 14.5. The molecule has 1 aromatic rings. The van der Waals surface area contributed by atoms with E-state index in [0.29, 0.717) is 6.54 Å². The molecule has 3 nitrogen and oxygen atoms in total. The zero-order valence-electron chi connectivity index (χ0n) is 12.6. The molecule has 0 radical (unpaired) electrons. The Bertz CT molecular complexity index is 422. The van der Waals surface area contributed by atoms with Crippen LogP contribution in [-0.4, -0.2) is 36.7 Å². The van der Waals surface area contributed by atoms with Gasteiger partial charge in [-0.05, 0) is 44.4 Å². The zero-order valence-corrected chi connectivity index (χ0v) is 12.6. The van der Waals surface area contributed by atoms with Crippen molar-refractivity contribution in [2.45, 2.75) is 39.3 Å². The van der Waals surface area contributed by atoms with Crippen LogP contribution in [0.15, 0.2) is 18.2 Å². The number of hydrogen-bond acceptors (Lipinski definition) is 3. The molecule has 3 heteroatoms. The van der Waals surface area contributed by atoms with Crippen molar-refractivity contribution < 1.29 is 4.74 Å². The molecule has 1 fully saturated rings. The van der Waals surface area contributed by atoms with E-state index in [2.05, 4.69) is 50.8 Å². The van der Waals surface area contributed by atoms with Crippen molar-refractivity contribution in [3.8, 4) is 0 Å². The second-order valence-corrected chi connectivity index (χ2v) is 6.12. The number of ether oxygens (including phenoxy) is 1. The molecule has 0 spiro atoms. The maximum absolute atomic E-state index is 6.11. The van der Waals surface area contributed by atoms with Gasteiger partial charge < -0.3 is 10.5 Å². The van der Waals surface area contributed by atoms with Crippen LogP contribution in [0, 0.1) is 13.8 Å². The van der Waals surface area contributed by atoms with Crippen LogP contribution < -0.4 is 5.73 Å². The Morgan fingerprint density at radius 3 is 2.47 bits per heavy atom. The van der Waals surface area contributed by atoms with Crippen LogP contribution in [0.1, 0.15) is 36.6 Å². The molecular formula is C16H26N2O. The number of hydrogen-bond donors (Lipinski definition) is 1. The summed E-state index contributed by atoms with van der Waals surface area (Å²) in [6, 6.07) is 6.75. The fourth-order valence-corrected chi connectivity index (χ4v) is 3.20. The Morgan fingerprint density at radius 1 is 1.32 bits per heavy atom. The van der Waals surface area contributed by atoms with Crippen molar-refractivity contribution in [3.05, 3.63) is 34.9 Å². The Balaban J connectivity index is 2.39. The molecule has 1 aliphatic heterocycles. The normalized spacial score (nSPS) is 21.3. The number of aryl methyl sites for hydroxylation is 2. The molecule has 1 aromatic carbocycles. The van der Waals surface area contributed by atoms with E-state index in [-0.39, 0.29) is 11.6 Å². The summed E-state index contributed by atoms with van der Waals surface area (Å²) in [5.74, 6) is 0. The summed E-state index contributed by atoms with van der Waals surface area (Å²) in [7, 11) is 0. The number of benzene rings is 1. The Labute approximate surface area is 116 Å². The maximum Gasteiger partial charge on any atom is 0.0645 e. The molecule has 0 amide bonds. The molecule has 2 rings (SSSR count). The first-order valence-electron chi connectivity index (χ1n) is 7.08. The van der Waals surface area contributed by atoms with E-state index in [0.717, 1.165) is 19.8 Å². The summed E-state index contributed by atoms with van der Waals surface area (Å²) in [5.41, 5.74) is 10.2. The molecule has 0 saturated carbocycles. The van der Waals surface area contributed by atoms with E-state index in [4.69, 9.17) is 10.5 Å². The van der Waals surface area contributed by atoms with Crippen molar-refractivity contribution in [1.82, 2.24) is 4.90 Å². The summed E-state index contributed by atoms with van der Waals surface area (Å²) < 4.78 is 5.62. The lowest BCUT2D eigenvalue weighted by Gasteiger charge is -2.47. The lowest BCUT2D eigenvalue weighted by molar-refractivity contribution is -0.0714. The second kappa shape index (κ2) is 5.61. The van der Waals surface area contributed by atoms with E-state index in [1.807, 2.05) is 0 Å². The van der Waals surface area contributed by atoms with Crippen LogP contribution in [0.2, 0.25) is 0 Å². The van der Waals surface area contributed by atoms with Gasteiger partial charge in [-0.2, -0.15) is 0 Å². The lowest BCUT2D eigenvalue weighted by atomic mass is 9.91. The standard InChI is InChI=1S/C16H26N2O/c1-12-6-5-7-13(2)15(12)14(10-17)18-8-9-19-11-16(18,3)4/h5-7,14H,8-11,17H2,1-4H3. The van der Waals surface area contributed by atoms with Gasteiger partial charge in [0.15, 0.2) is 0 Å². The third-order valence-corrected chi connectivity index (χ3v) is 4.18. The Hall–Kier alpha value is -0.900. The third-order valence-electron chi connectivity index (χ3n) is 4.18. The van der Waals surface area contributed by atoms with Gasteiger partial charge in [0, 0.05) is 24.7 Å². The molecule has 0 bridgehead atoms. The first-order valence-corrected chi connectivity index (χ1v) is 7.08. The highest BCUT2D eigenvalue weighted by atomic mass is 16.5. The summed E-state index contributed by atoms with van der Waals surface area (Å²) in [5, 5.41) is 0. The van der Waals surface area contributed by atoms with Gasteiger partial charge in [0.1, 0.15) is 0 Å². The summed E-state index contributed by atoms with van der Waals surface area (Å²) >= 11 is 0. The van der Waals surface area contributed by atoms with E-state index in [1.165, 1.54) is 16.7 Å². The molecule has 106 valence electrons. The monoisotopic (exact) mass is 262 g/mol. The predicted octanol–water partition coefficient (Wildman–Crippen LogP) is 2.41. The van der Waals surface area contributed by atoms with Crippen LogP contribution in [0.3, 0.4) is 0 Å². The molecule has 1 unspecified atom stereocenters. The van der Waals surface area contributed by atoms with Crippen LogP contribution in [0.25, 0.3) is 0 Å². The van der Waals surface area contributed by atoms with Crippen molar-refractivity contribution in [2.24, 2.45) is 5.73 Å². The average Bonchev–Trinajstić information content (AvgIpc) is 2.34. The smallest absolute Gasteiger partial charge is 0.0645 e. The minimum Gasteiger partial charge on any atom is -0.378 e. The Morgan fingerprint density at radius 2 is 1.95 bits per heavy atom. The Kier molecular flexibility index (Phi) is 4.29. The van der Waals surface area contributed by atoms with E-state index in [9.17, 15) is 0 Å². The van der Waals surface area contributed by atoms with Gasteiger partial charge in [-0.25, -0.2) is 0 Å².